The number of ether oxygens (including phenoxy) is 2. The smallest absolute Gasteiger partial charge is 0.269 e. The number of amides is 2. The number of methoxy groups -OCH3 is 2. The van der Waals surface area contributed by atoms with Crippen LogP contribution >= 0.6 is 0 Å². The minimum atomic E-state index is -0.519. The molecule has 2 bridgehead atoms. The van der Waals surface area contributed by atoms with Gasteiger partial charge in [-0.1, -0.05) is 36.4 Å². The Balaban J connectivity index is 1.44. The number of rotatable bonds is 6. The highest BCUT2D eigenvalue weighted by Crippen LogP contribution is 2.59. The quantitative estimate of drug-likeness (QED) is 0.200. The molecule has 0 N–H and O–H groups in total. The number of fused-ring (bicyclic) bond motifs is 5. The number of hydrogen-bond donors (Lipinski definition) is 0. The summed E-state index contributed by atoms with van der Waals surface area (Å²) in [5.74, 6) is -0.572. The predicted octanol–water partition coefficient (Wildman–Crippen LogP) is 5.04. The van der Waals surface area contributed by atoms with Crippen molar-refractivity contribution in [2.75, 3.05) is 19.1 Å². The zero-order valence-electron chi connectivity index (χ0n) is 20.7. The molecular formula is C30H24N2O6. The SMILES string of the molecule is COc1ccc(C(=C2[C@H]3C=C[C@H]2[C@H]2C(=O)N(c4ccc([N+](=O)[O-])cc4)C(=O)[C@@H]23)c2ccc(OC)cc2)cc1. The second kappa shape index (κ2) is 8.99. The van der Waals surface area contributed by atoms with Gasteiger partial charge in [-0.15, -0.1) is 0 Å². The fourth-order valence-corrected chi connectivity index (χ4v) is 6.09. The van der Waals surface area contributed by atoms with E-state index in [1.54, 1.807) is 14.2 Å². The molecular weight excluding hydrogens is 484 g/mol. The van der Waals surface area contributed by atoms with Crippen molar-refractivity contribution in [2.45, 2.75) is 0 Å². The molecule has 2 fully saturated rings. The zero-order valence-corrected chi connectivity index (χ0v) is 20.7. The standard InChI is InChI=1S/C30H24N2O6/c1-37-21-11-3-17(4-12-21)25(18-5-13-22(38-2)14-6-18)26-23-15-16-24(26)28-27(23)29(33)31(30(28)34)19-7-9-20(10-8-19)32(35)36/h3-16,23-24,27-28H,1-2H3/t23-,24-,27-,28-/m1/s1. The number of nitro benzene ring substituents is 1. The van der Waals surface area contributed by atoms with Gasteiger partial charge in [-0.05, 0) is 58.7 Å². The fourth-order valence-electron chi connectivity index (χ4n) is 6.09. The lowest BCUT2D eigenvalue weighted by molar-refractivity contribution is -0.384. The first-order chi connectivity index (χ1) is 18.4. The number of hydrogen-bond acceptors (Lipinski definition) is 6. The molecule has 8 heteroatoms. The van der Waals surface area contributed by atoms with E-state index in [1.165, 1.54) is 29.2 Å². The molecule has 0 unspecified atom stereocenters. The first kappa shape index (κ1) is 23.7. The number of imide groups is 1. The first-order valence-electron chi connectivity index (χ1n) is 12.3. The number of allylic oxidation sites excluding steroid dienone is 3. The molecule has 1 saturated heterocycles. The van der Waals surface area contributed by atoms with Crippen LogP contribution in [0.1, 0.15) is 11.1 Å². The molecule has 4 atom stereocenters. The second-order valence-electron chi connectivity index (χ2n) is 9.56. The van der Waals surface area contributed by atoms with Crippen LogP contribution in [-0.2, 0) is 9.59 Å². The number of anilines is 1. The van der Waals surface area contributed by atoms with E-state index in [0.717, 1.165) is 33.8 Å². The Kier molecular flexibility index (Phi) is 5.60. The van der Waals surface area contributed by atoms with Crippen molar-refractivity contribution in [3.63, 3.8) is 0 Å². The summed E-state index contributed by atoms with van der Waals surface area (Å²) < 4.78 is 10.7. The number of benzene rings is 3. The summed E-state index contributed by atoms with van der Waals surface area (Å²) in [5.41, 5.74) is 4.25. The zero-order chi connectivity index (χ0) is 26.6. The number of nitro groups is 1. The normalized spacial score (nSPS) is 23.1. The fraction of sp³-hybridized carbons (Fsp3) is 0.200. The van der Waals surface area contributed by atoms with Crippen LogP contribution in [0.3, 0.4) is 0 Å². The molecule has 1 heterocycles. The summed E-state index contributed by atoms with van der Waals surface area (Å²) in [6.07, 6.45) is 4.08. The molecule has 3 aromatic carbocycles. The van der Waals surface area contributed by atoms with Crippen molar-refractivity contribution < 1.29 is 24.0 Å². The molecule has 1 saturated carbocycles. The van der Waals surface area contributed by atoms with Crippen LogP contribution in [0.4, 0.5) is 11.4 Å². The van der Waals surface area contributed by atoms with Gasteiger partial charge in [0.25, 0.3) is 5.69 Å². The summed E-state index contributed by atoms with van der Waals surface area (Å²) in [4.78, 5) is 39.1. The maximum atomic E-state index is 13.7. The number of non-ortho nitro benzene ring substituents is 1. The molecule has 190 valence electrons. The van der Waals surface area contributed by atoms with Gasteiger partial charge in [0.2, 0.25) is 11.8 Å². The van der Waals surface area contributed by atoms with Crippen LogP contribution < -0.4 is 14.4 Å². The van der Waals surface area contributed by atoms with E-state index < -0.39 is 16.8 Å². The van der Waals surface area contributed by atoms with E-state index in [-0.39, 0.29) is 29.3 Å². The van der Waals surface area contributed by atoms with Gasteiger partial charge >= 0.3 is 0 Å². The van der Waals surface area contributed by atoms with E-state index in [2.05, 4.69) is 0 Å². The van der Waals surface area contributed by atoms with Gasteiger partial charge in [-0.2, -0.15) is 0 Å². The Morgan fingerprint density at radius 2 is 1.18 bits per heavy atom. The van der Waals surface area contributed by atoms with E-state index in [9.17, 15) is 19.7 Å². The molecule has 0 spiro atoms. The lowest BCUT2D eigenvalue weighted by atomic mass is 9.85. The van der Waals surface area contributed by atoms with Gasteiger partial charge in [-0.3, -0.25) is 19.7 Å². The molecule has 38 heavy (non-hydrogen) atoms. The number of carbonyl (C=O) groups excluding carboxylic acids is 2. The van der Waals surface area contributed by atoms with Crippen LogP contribution in [0.2, 0.25) is 0 Å². The molecule has 2 aliphatic carbocycles. The van der Waals surface area contributed by atoms with Gasteiger partial charge in [0.1, 0.15) is 11.5 Å². The van der Waals surface area contributed by atoms with Crippen molar-refractivity contribution in [1.29, 1.82) is 0 Å². The maximum Gasteiger partial charge on any atom is 0.269 e. The Hall–Kier alpha value is -4.72. The molecule has 8 nitrogen and oxygen atoms in total. The topological polar surface area (TPSA) is 99.0 Å². The van der Waals surface area contributed by atoms with Crippen LogP contribution in [0.25, 0.3) is 5.57 Å². The van der Waals surface area contributed by atoms with Crippen molar-refractivity contribution in [2.24, 2.45) is 23.7 Å². The van der Waals surface area contributed by atoms with Crippen LogP contribution in [0.15, 0.2) is 90.5 Å². The Morgan fingerprint density at radius 3 is 1.58 bits per heavy atom. The average molecular weight is 509 g/mol. The van der Waals surface area contributed by atoms with Gasteiger partial charge in [-0.25, -0.2) is 4.90 Å². The molecule has 2 amide bonds. The van der Waals surface area contributed by atoms with E-state index in [4.69, 9.17) is 9.47 Å². The third kappa shape index (κ3) is 3.52. The predicted molar refractivity (Wildman–Crippen MR) is 141 cm³/mol. The van der Waals surface area contributed by atoms with E-state index >= 15 is 0 Å². The molecule has 6 rings (SSSR count). The monoisotopic (exact) mass is 508 g/mol. The molecule has 0 radical (unpaired) electrons. The summed E-state index contributed by atoms with van der Waals surface area (Å²) in [6.45, 7) is 0. The molecule has 3 aromatic rings. The highest BCUT2D eigenvalue weighted by atomic mass is 16.6. The largest absolute Gasteiger partial charge is 0.497 e. The van der Waals surface area contributed by atoms with Crippen molar-refractivity contribution in [3.05, 3.63) is 112 Å². The maximum absolute atomic E-state index is 13.7. The minimum Gasteiger partial charge on any atom is -0.497 e. The average Bonchev–Trinajstić information content (AvgIpc) is 3.58. The van der Waals surface area contributed by atoms with E-state index in [0.29, 0.717) is 5.69 Å². The van der Waals surface area contributed by atoms with Crippen molar-refractivity contribution >= 4 is 28.8 Å². The second-order valence-corrected chi connectivity index (χ2v) is 9.56. The van der Waals surface area contributed by atoms with Gasteiger partial charge in [0.15, 0.2) is 0 Å². The molecule has 1 aliphatic heterocycles. The van der Waals surface area contributed by atoms with Gasteiger partial charge < -0.3 is 9.47 Å². The van der Waals surface area contributed by atoms with Crippen LogP contribution in [-0.4, -0.2) is 31.0 Å². The van der Waals surface area contributed by atoms with Gasteiger partial charge in [0, 0.05) is 24.0 Å². The lowest BCUT2D eigenvalue weighted by Crippen LogP contribution is -2.33. The third-order valence-corrected chi connectivity index (χ3v) is 7.78. The van der Waals surface area contributed by atoms with Crippen molar-refractivity contribution in [3.8, 4) is 11.5 Å². The van der Waals surface area contributed by atoms with Crippen LogP contribution in [0, 0.1) is 33.8 Å². The third-order valence-electron chi connectivity index (χ3n) is 7.78. The molecule has 0 aromatic heterocycles. The van der Waals surface area contributed by atoms with Crippen molar-refractivity contribution in [1.82, 2.24) is 0 Å². The Labute approximate surface area is 218 Å². The molecule has 3 aliphatic rings. The number of nitrogens with zero attached hydrogens (tertiary/aromatic N) is 2. The lowest BCUT2D eigenvalue weighted by Gasteiger charge is -2.22. The Bertz CT molecular complexity index is 1420. The summed E-state index contributed by atoms with van der Waals surface area (Å²) >= 11 is 0. The summed E-state index contributed by atoms with van der Waals surface area (Å²) in [6, 6.07) is 21.1. The highest BCUT2D eigenvalue weighted by molar-refractivity contribution is 6.23. The first-order valence-corrected chi connectivity index (χ1v) is 12.3. The highest BCUT2D eigenvalue weighted by Gasteiger charge is 2.62. The summed E-state index contributed by atoms with van der Waals surface area (Å²) in [5, 5.41) is 11.1. The Morgan fingerprint density at radius 1 is 0.737 bits per heavy atom. The minimum absolute atomic E-state index is 0.0939. The summed E-state index contributed by atoms with van der Waals surface area (Å²) in [7, 11) is 3.24. The van der Waals surface area contributed by atoms with Gasteiger partial charge in [0.05, 0.1) is 36.7 Å². The van der Waals surface area contributed by atoms with E-state index in [1.807, 2.05) is 60.7 Å². The van der Waals surface area contributed by atoms with Crippen LogP contribution in [0.5, 0.6) is 11.5 Å². The number of carbonyl (C=O) groups is 2.